The number of hydrogen-bond donors (Lipinski definition) is 5. The van der Waals surface area contributed by atoms with E-state index in [9.17, 15) is 29.1 Å². The lowest BCUT2D eigenvalue weighted by atomic mass is 10.00. The number of aliphatic carboxylic acids is 1. The molecule has 2 aliphatic heterocycles. The molecule has 1 saturated heterocycles. The molecular formula is C33H42N8O7. The molecule has 0 radical (unpaired) electrons. The molecular weight excluding hydrogens is 620 g/mol. The van der Waals surface area contributed by atoms with E-state index in [-0.39, 0.29) is 44.4 Å². The summed E-state index contributed by atoms with van der Waals surface area (Å²) in [6, 6.07) is 7.83. The molecule has 5 rings (SSSR count). The van der Waals surface area contributed by atoms with Crippen molar-refractivity contribution in [2.45, 2.75) is 76.5 Å². The van der Waals surface area contributed by atoms with Gasteiger partial charge in [-0.15, -0.1) is 5.10 Å². The minimum absolute atomic E-state index is 0.0539. The zero-order valence-electron chi connectivity index (χ0n) is 27.4. The van der Waals surface area contributed by atoms with Gasteiger partial charge in [0.05, 0.1) is 31.5 Å². The van der Waals surface area contributed by atoms with Gasteiger partial charge in [0.15, 0.2) is 6.04 Å². The lowest BCUT2D eigenvalue weighted by Crippen LogP contribution is -2.59. The van der Waals surface area contributed by atoms with E-state index in [1.54, 1.807) is 38.7 Å². The van der Waals surface area contributed by atoms with Crippen molar-refractivity contribution in [1.82, 2.24) is 41.2 Å². The standard InChI is InChI=1S/C33H42N8O7/c1-18(2)28(37-29(42)19(3)34-4)32(45)40-15-24-13-27(40)31(44)35-25(12-20-9-10-21-7-5-6-8-22(21)11-20)30(43)36-26(33(46)47)17-48-16-23-14-41(24)39-38-23/h5-11,14,18-19,24-28,34H,12-13,15-17H2,1-4H3,(H,35,44)(H,36,43)(H,37,42)(H,46,47)/t19-,24-,25-,26-,27-,28-/m0/s1. The second kappa shape index (κ2) is 14.9. The Balaban J connectivity index is 1.49. The van der Waals surface area contributed by atoms with Gasteiger partial charge in [-0.2, -0.15) is 0 Å². The molecule has 6 atom stereocenters. The van der Waals surface area contributed by atoms with Crippen LogP contribution in [0.1, 0.15) is 44.5 Å². The monoisotopic (exact) mass is 662 g/mol. The molecule has 2 aromatic carbocycles. The van der Waals surface area contributed by atoms with Crippen molar-refractivity contribution < 1.29 is 33.8 Å². The fraction of sp³-hybridized carbons (Fsp3) is 0.485. The normalized spacial score (nSPS) is 23.1. The highest BCUT2D eigenvalue weighted by molar-refractivity contribution is 5.96. The average molecular weight is 663 g/mol. The largest absolute Gasteiger partial charge is 0.480 e. The Bertz CT molecular complexity index is 1680. The van der Waals surface area contributed by atoms with Crippen LogP contribution < -0.4 is 21.3 Å². The number of carbonyl (C=O) groups is 5. The molecule has 0 unspecified atom stereocenters. The maximum atomic E-state index is 14.2. The van der Waals surface area contributed by atoms with Crippen molar-refractivity contribution in [3.05, 3.63) is 59.9 Å². The number of aromatic nitrogens is 3. The Hall–Kier alpha value is -4.89. The van der Waals surface area contributed by atoms with Gasteiger partial charge in [0.25, 0.3) is 0 Å². The van der Waals surface area contributed by atoms with Gasteiger partial charge >= 0.3 is 5.97 Å². The summed E-state index contributed by atoms with van der Waals surface area (Å²) in [7, 11) is 1.64. The molecule has 48 heavy (non-hydrogen) atoms. The van der Waals surface area contributed by atoms with Crippen LogP contribution in [0, 0.1) is 5.92 Å². The number of carbonyl (C=O) groups excluding carboxylic acids is 4. The lowest BCUT2D eigenvalue weighted by molar-refractivity contribution is -0.145. The van der Waals surface area contributed by atoms with Crippen LogP contribution in [0.15, 0.2) is 48.7 Å². The highest BCUT2D eigenvalue weighted by atomic mass is 16.5. The summed E-state index contributed by atoms with van der Waals surface area (Å²) in [5.74, 6) is -3.74. The van der Waals surface area contributed by atoms with Gasteiger partial charge in [-0.1, -0.05) is 61.5 Å². The molecule has 256 valence electrons. The Kier molecular flexibility index (Phi) is 10.7. The zero-order chi connectivity index (χ0) is 34.5. The van der Waals surface area contributed by atoms with Gasteiger partial charge in [0.2, 0.25) is 23.6 Å². The number of likely N-dealkylation sites (N-methyl/N-ethyl adjacent to an activating group) is 1. The molecule has 1 fully saturated rings. The smallest absolute Gasteiger partial charge is 0.328 e. The second-order valence-electron chi connectivity index (χ2n) is 12.7. The number of ether oxygens (including phenoxy) is 1. The van der Waals surface area contributed by atoms with E-state index in [1.165, 1.54) is 4.90 Å². The topological polar surface area (TPSA) is 197 Å². The predicted octanol–water partition coefficient (Wildman–Crippen LogP) is 0.149. The van der Waals surface area contributed by atoms with Crippen LogP contribution >= 0.6 is 0 Å². The van der Waals surface area contributed by atoms with Crippen LogP contribution in [0.25, 0.3) is 10.8 Å². The van der Waals surface area contributed by atoms with E-state index >= 15 is 0 Å². The molecule has 5 N–H and O–H groups in total. The number of rotatable bonds is 8. The molecule has 15 nitrogen and oxygen atoms in total. The summed E-state index contributed by atoms with van der Waals surface area (Å²) in [5.41, 5.74) is 1.15. The first kappa shape index (κ1) is 34.4. The Morgan fingerprint density at radius 3 is 2.52 bits per heavy atom. The van der Waals surface area contributed by atoms with Crippen molar-refractivity contribution in [3.63, 3.8) is 0 Å². The summed E-state index contributed by atoms with van der Waals surface area (Å²) in [6.07, 6.45) is 1.84. The zero-order valence-corrected chi connectivity index (χ0v) is 27.4. The van der Waals surface area contributed by atoms with Gasteiger partial charge in [0, 0.05) is 19.4 Å². The number of benzene rings is 2. The highest BCUT2D eigenvalue weighted by Crippen LogP contribution is 2.29. The predicted molar refractivity (Wildman–Crippen MR) is 173 cm³/mol. The van der Waals surface area contributed by atoms with Crippen LogP contribution in [0.5, 0.6) is 0 Å². The maximum absolute atomic E-state index is 14.2. The third kappa shape index (κ3) is 7.80. The maximum Gasteiger partial charge on any atom is 0.328 e. The van der Waals surface area contributed by atoms with Crippen LogP contribution in [-0.4, -0.2) is 105 Å². The van der Waals surface area contributed by atoms with E-state index in [0.717, 1.165) is 16.3 Å². The number of likely N-dealkylation sites (tertiary alicyclic amines) is 1. The molecule has 0 saturated carbocycles. The number of hydrogen-bond acceptors (Lipinski definition) is 9. The number of carboxylic acids is 1. The summed E-state index contributed by atoms with van der Waals surface area (Å²) in [6.45, 7) is 4.98. The van der Waals surface area contributed by atoms with E-state index in [1.807, 2.05) is 42.5 Å². The van der Waals surface area contributed by atoms with Gasteiger partial charge in [-0.3, -0.25) is 19.2 Å². The summed E-state index contributed by atoms with van der Waals surface area (Å²) < 4.78 is 7.16. The molecule has 0 aliphatic carbocycles. The number of nitrogens with one attached hydrogen (secondary N) is 4. The first-order valence-electron chi connectivity index (χ1n) is 16.0. The van der Waals surface area contributed by atoms with E-state index in [4.69, 9.17) is 4.74 Å². The first-order valence-corrected chi connectivity index (χ1v) is 16.0. The SMILES string of the molecule is CN[C@@H](C)C(=O)N[C@H](C(=O)N1C[C@@H]2C[C@H]1C(=O)N[C@@H](Cc1ccc3ccccc3c1)C(=O)N[C@H](C(=O)O)COCc1cn2nn1)C(C)C. The molecule has 0 spiro atoms. The van der Waals surface area contributed by atoms with Crippen LogP contribution in [0.4, 0.5) is 0 Å². The second-order valence-corrected chi connectivity index (χ2v) is 12.7. The van der Waals surface area contributed by atoms with Crippen LogP contribution in [0.3, 0.4) is 0 Å². The van der Waals surface area contributed by atoms with Crippen LogP contribution in [0.2, 0.25) is 0 Å². The lowest BCUT2D eigenvalue weighted by Gasteiger charge is -2.32. The van der Waals surface area contributed by atoms with Crippen molar-refractivity contribution in [3.8, 4) is 0 Å². The average Bonchev–Trinajstić information content (AvgIpc) is 3.73. The molecule has 3 heterocycles. The fourth-order valence-corrected chi connectivity index (χ4v) is 5.96. The van der Waals surface area contributed by atoms with Crippen LogP contribution in [-0.2, 0) is 41.7 Å². The summed E-state index contributed by atoms with van der Waals surface area (Å²) >= 11 is 0. The molecule has 4 amide bonds. The minimum atomic E-state index is -1.40. The number of amides is 4. The number of fused-ring (bicyclic) bond motifs is 6. The van der Waals surface area contributed by atoms with Gasteiger partial charge in [0.1, 0.15) is 23.8 Å². The van der Waals surface area contributed by atoms with E-state index in [0.29, 0.717) is 5.69 Å². The molecule has 1 aromatic heterocycles. The van der Waals surface area contributed by atoms with E-state index in [2.05, 4.69) is 31.6 Å². The number of carboxylic acid groups (broad SMARTS) is 1. The molecule has 2 aliphatic rings. The Labute approximate surface area is 277 Å². The molecule has 15 heteroatoms. The minimum Gasteiger partial charge on any atom is -0.480 e. The number of nitrogens with zero attached hydrogens (tertiary/aromatic N) is 4. The molecule has 4 bridgehead atoms. The van der Waals surface area contributed by atoms with Gasteiger partial charge in [-0.05, 0) is 36.2 Å². The molecule has 3 aromatic rings. The third-order valence-electron chi connectivity index (χ3n) is 8.89. The summed E-state index contributed by atoms with van der Waals surface area (Å²) in [5, 5.41) is 31.1. The van der Waals surface area contributed by atoms with Crippen molar-refractivity contribution in [2.24, 2.45) is 5.92 Å². The quantitative estimate of drug-likeness (QED) is 0.221. The van der Waals surface area contributed by atoms with Crippen molar-refractivity contribution in [1.29, 1.82) is 0 Å². The first-order chi connectivity index (χ1) is 22.9. The summed E-state index contributed by atoms with van der Waals surface area (Å²) in [4.78, 5) is 68.3. The van der Waals surface area contributed by atoms with Gasteiger partial charge in [-0.25, -0.2) is 9.48 Å². The fourth-order valence-electron chi connectivity index (χ4n) is 5.96. The Morgan fingerprint density at radius 1 is 1.06 bits per heavy atom. The highest BCUT2D eigenvalue weighted by Gasteiger charge is 2.45. The van der Waals surface area contributed by atoms with Gasteiger partial charge < -0.3 is 36.0 Å². The Morgan fingerprint density at radius 2 is 1.81 bits per heavy atom. The van der Waals surface area contributed by atoms with Crippen molar-refractivity contribution in [2.75, 3.05) is 20.2 Å². The van der Waals surface area contributed by atoms with E-state index < -0.39 is 59.9 Å². The third-order valence-corrected chi connectivity index (χ3v) is 8.89. The van der Waals surface area contributed by atoms with Crippen molar-refractivity contribution >= 4 is 40.4 Å².